The smallest absolute Gasteiger partial charge is 0.129 e. The zero-order chi connectivity index (χ0) is 13.8. The lowest BCUT2D eigenvalue weighted by Gasteiger charge is -2.33. The van der Waals surface area contributed by atoms with Gasteiger partial charge in [-0.25, -0.2) is 8.78 Å². The van der Waals surface area contributed by atoms with Gasteiger partial charge in [0, 0.05) is 11.4 Å². The van der Waals surface area contributed by atoms with E-state index >= 15 is 0 Å². The minimum Gasteiger partial charge on any atom is -0.207 e. The van der Waals surface area contributed by atoms with Crippen LogP contribution in [0.3, 0.4) is 0 Å². The van der Waals surface area contributed by atoms with Crippen LogP contribution >= 0.6 is 11.6 Å². The van der Waals surface area contributed by atoms with Crippen LogP contribution in [0.15, 0.2) is 18.2 Å². The maximum absolute atomic E-state index is 13.7. The third kappa shape index (κ3) is 3.92. The summed E-state index contributed by atoms with van der Waals surface area (Å²) in [6.07, 6.45) is 6.31. The zero-order valence-corrected chi connectivity index (χ0v) is 12.1. The lowest BCUT2D eigenvalue weighted by atomic mass is 9.76. The van der Waals surface area contributed by atoms with Gasteiger partial charge in [-0.1, -0.05) is 25.8 Å². The third-order valence-corrected chi connectivity index (χ3v) is 4.77. The first-order chi connectivity index (χ1) is 9.10. The standard InChI is InChI=1S/C16H21ClF2/c1-2-3-11-4-7-15(17)13(8-11)9-12-5-6-14(18)10-16(12)19/h5-6,10-11,13,15H,2-4,7-9H2,1H3. The molecule has 3 heteroatoms. The van der Waals surface area contributed by atoms with Crippen LogP contribution in [0.5, 0.6) is 0 Å². The minimum absolute atomic E-state index is 0.123. The van der Waals surface area contributed by atoms with Crippen molar-refractivity contribution < 1.29 is 8.78 Å². The first-order valence-electron chi connectivity index (χ1n) is 7.18. The monoisotopic (exact) mass is 286 g/mol. The van der Waals surface area contributed by atoms with E-state index in [1.165, 1.54) is 25.3 Å². The van der Waals surface area contributed by atoms with Crippen molar-refractivity contribution >= 4 is 11.6 Å². The summed E-state index contributed by atoms with van der Waals surface area (Å²) in [5.74, 6) is 0.0677. The Morgan fingerprint density at radius 1 is 1.26 bits per heavy atom. The van der Waals surface area contributed by atoms with Gasteiger partial charge < -0.3 is 0 Å². The molecule has 0 saturated heterocycles. The fourth-order valence-corrected chi connectivity index (χ4v) is 3.49. The molecule has 0 aliphatic heterocycles. The maximum Gasteiger partial charge on any atom is 0.129 e. The van der Waals surface area contributed by atoms with Crippen LogP contribution in [0.1, 0.15) is 44.6 Å². The van der Waals surface area contributed by atoms with Gasteiger partial charge in [0.15, 0.2) is 0 Å². The highest BCUT2D eigenvalue weighted by Gasteiger charge is 2.29. The van der Waals surface area contributed by atoms with Gasteiger partial charge in [0.2, 0.25) is 0 Å². The van der Waals surface area contributed by atoms with Crippen LogP contribution in [0, 0.1) is 23.5 Å². The molecule has 0 heterocycles. The predicted molar refractivity (Wildman–Crippen MR) is 75.4 cm³/mol. The molecule has 1 aromatic carbocycles. The van der Waals surface area contributed by atoms with Crippen LogP contribution in [-0.2, 0) is 6.42 Å². The van der Waals surface area contributed by atoms with Gasteiger partial charge in [-0.2, -0.15) is 0 Å². The normalized spacial score (nSPS) is 27.5. The highest BCUT2D eigenvalue weighted by molar-refractivity contribution is 6.20. The molecule has 1 aliphatic rings. The lowest BCUT2D eigenvalue weighted by molar-refractivity contribution is 0.256. The summed E-state index contributed by atoms with van der Waals surface area (Å²) in [5.41, 5.74) is 0.592. The van der Waals surface area contributed by atoms with E-state index in [0.717, 1.165) is 18.9 Å². The fourth-order valence-electron chi connectivity index (χ4n) is 3.18. The molecule has 0 amide bonds. The van der Waals surface area contributed by atoms with Crippen molar-refractivity contribution in [3.63, 3.8) is 0 Å². The van der Waals surface area contributed by atoms with Gasteiger partial charge in [0.05, 0.1) is 0 Å². The summed E-state index contributed by atoms with van der Waals surface area (Å²) >= 11 is 6.39. The van der Waals surface area contributed by atoms with E-state index in [9.17, 15) is 8.78 Å². The van der Waals surface area contributed by atoms with E-state index < -0.39 is 11.6 Å². The number of hydrogen-bond donors (Lipinski definition) is 0. The van der Waals surface area contributed by atoms with Crippen LogP contribution in [0.4, 0.5) is 8.78 Å². The second-order valence-corrected chi connectivity index (χ2v) is 6.24. The van der Waals surface area contributed by atoms with Crippen molar-refractivity contribution in [2.75, 3.05) is 0 Å². The maximum atomic E-state index is 13.7. The Balaban J connectivity index is 2.03. The van der Waals surface area contributed by atoms with Crippen molar-refractivity contribution in [2.24, 2.45) is 11.8 Å². The Kier molecular flexibility index (Phi) is 5.20. The molecule has 1 aromatic rings. The Morgan fingerprint density at radius 3 is 2.74 bits per heavy atom. The van der Waals surface area contributed by atoms with E-state index in [0.29, 0.717) is 23.8 Å². The SMILES string of the molecule is CCCC1CCC(Cl)C(Cc2ccc(F)cc2F)C1. The van der Waals surface area contributed by atoms with Crippen molar-refractivity contribution in [3.8, 4) is 0 Å². The highest BCUT2D eigenvalue weighted by atomic mass is 35.5. The molecule has 106 valence electrons. The Bertz CT molecular complexity index is 419. The molecular weight excluding hydrogens is 266 g/mol. The fraction of sp³-hybridized carbons (Fsp3) is 0.625. The molecular formula is C16H21ClF2. The molecule has 0 radical (unpaired) electrons. The van der Waals surface area contributed by atoms with Crippen molar-refractivity contribution in [1.29, 1.82) is 0 Å². The van der Waals surface area contributed by atoms with Gasteiger partial charge in [0.25, 0.3) is 0 Å². The first-order valence-corrected chi connectivity index (χ1v) is 7.61. The first kappa shape index (κ1) is 14.8. The number of halogens is 3. The lowest BCUT2D eigenvalue weighted by Crippen LogP contribution is -2.27. The summed E-state index contributed by atoms with van der Waals surface area (Å²) < 4.78 is 26.6. The molecule has 0 aromatic heterocycles. The van der Waals surface area contributed by atoms with Crippen molar-refractivity contribution in [2.45, 2.75) is 50.8 Å². The number of benzene rings is 1. The van der Waals surface area contributed by atoms with E-state index in [-0.39, 0.29) is 5.38 Å². The second kappa shape index (κ2) is 6.69. The van der Waals surface area contributed by atoms with Gasteiger partial charge in [0.1, 0.15) is 11.6 Å². The molecule has 2 rings (SSSR count). The largest absolute Gasteiger partial charge is 0.207 e. The topological polar surface area (TPSA) is 0 Å². The van der Waals surface area contributed by atoms with Crippen molar-refractivity contribution in [1.82, 2.24) is 0 Å². The average molecular weight is 287 g/mol. The number of rotatable bonds is 4. The Hall–Kier alpha value is -0.630. The summed E-state index contributed by atoms with van der Waals surface area (Å²) in [6.45, 7) is 2.20. The van der Waals surface area contributed by atoms with E-state index in [2.05, 4.69) is 6.92 Å². The van der Waals surface area contributed by atoms with E-state index in [1.807, 2.05) is 0 Å². The van der Waals surface area contributed by atoms with Gasteiger partial charge in [-0.3, -0.25) is 0 Å². The number of alkyl halides is 1. The molecule has 3 atom stereocenters. The summed E-state index contributed by atoms with van der Waals surface area (Å²) in [7, 11) is 0. The highest BCUT2D eigenvalue weighted by Crippen LogP contribution is 2.37. The zero-order valence-electron chi connectivity index (χ0n) is 11.3. The van der Waals surface area contributed by atoms with Crippen LogP contribution in [0.2, 0.25) is 0 Å². The Labute approximate surface area is 119 Å². The van der Waals surface area contributed by atoms with Crippen LogP contribution in [0.25, 0.3) is 0 Å². The van der Waals surface area contributed by atoms with E-state index in [1.54, 1.807) is 6.07 Å². The van der Waals surface area contributed by atoms with Gasteiger partial charge in [-0.05, 0) is 49.1 Å². The van der Waals surface area contributed by atoms with Crippen LogP contribution in [-0.4, -0.2) is 5.38 Å². The molecule has 0 nitrogen and oxygen atoms in total. The number of hydrogen-bond acceptors (Lipinski definition) is 0. The molecule has 0 bridgehead atoms. The van der Waals surface area contributed by atoms with Gasteiger partial charge in [-0.15, -0.1) is 11.6 Å². The summed E-state index contributed by atoms with van der Waals surface area (Å²) in [4.78, 5) is 0. The molecule has 19 heavy (non-hydrogen) atoms. The summed E-state index contributed by atoms with van der Waals surface area (Å²) in [6, 6.07) is 3.84. The second-order valence-electron chi connectivity index (χ2n) is 5.68. The molecule has 0 spiro atoms. The van der Waals surface area contributed by atoms with Crippen LogP contribution < -0.4 is 0 Å². The predicted octanol–water partition coefficient (Wildman–Crippen LogP) is 5.33. The van der Waals surface area contributed by atoms with E-state index in [4.69, 9.17) is 11.6 Å². The quantitative estimate of drug-likeness (QED) is 0.656. The summed E-state index contributed by atoms with van der Waals surface area (Å²) in [5, 5.41) is 0.123. The average Bonchev–Trinajstić information content (AvgIpc) is 2.37. The van der Waals surface area contributed by atoms with Gasteiger partial charge >= 0.3 is 0 Å². The minimum atomic E-state index is -0.517. The molecule has 1 saturated carbocycles. The third-order valence-electron chi connectivity index (χ3n) is 4.19. The van der Waals surface area contributed by atoms with Crippen molar-refractivity contribution in [3.05, 3.63) is 35.4 Å². The molecule has 1 fully saturated rings. The Morgan fingerprint density at radius 2 is 2.05 bits per heavy atom. The molecule has 3 unspecified atom stereocenters. The molecule has 1 aliphatic carbocycles. The molecule has 0 N–H and O–H groups in total.